The molecule has 2 saturated heterocycles. The van der Waals surface area contributed by atoms with Crippen LogP contribution >= 0.6 is 11.8 Å². The summed E-state index contributed by atoms with van der Waals surface area (Å²) in [5.41, 5.74) is 28.3. The molecule has 12 unspecified atom stereocenters. The maximum absolute atomic E-state index is 14.8. The summed E-state index contributed by atoms with van der Waals surface area (Å²) in [4.78, 5) is 194. The van der Waals surface area contributed by atoms with Crippen LogP contribution in [0.25, 0.3) is 0 Å². The van der Waals surface area contributed by atoms with Crippen LogP contribution in [0.4, 0.5) is 0 Å². The van der Waals surface area contributed by atoms with Gasteiger partial charge >= 0.3 is 5.97 Å². The number of rotatable bonds is 26. The van der Waals surface area contributed by atoms with E-state index in [0.717, 1.165) is 0 Å². The number of primary amides is 2. The van der Waals surface area contributed by atoms with E-state index in [9.17, 15) is 67.4 Å². The van der Waals surface area contributed by atoms with Gasteiger partial charge in [0.25, 0.3) is 0 Å². The summed E-state index contributed by atoms with van der Waals surface area (Å²) in [7, 11) is 0. The van der Waals surface area contributed by atoms with E-state index in [2.05, 4.69) is 62.8 Å². The number of fused-ring (bicyclic) bond motifs is 1. The highest BCUT2D eigenvalue weighted by atomic mass is 32.2. The highest BCUT2D eigenvalue weighted by Gasteiger charge is 2.42. The van der Waals surface area contributed by atoms with Gasteiger partial charge in [-0.15, -0.1) is 0 Å². The fraction of sp³-hybridized carbons (Fsp3) is 0.691. The number of thioether (sulfide) groups is 1. The van der Waals surface area contributed by atoms with E-state index < -0.39 is 188 Å². The number of amides is 12. The summed E-state index contributed by atoms with van der Waals surface area (Å²) < 4.78 is 0. The van der Waals surface area contributed by atoms with Gasteiger partial charge in [-0.2, -0.15) is 11.8 Å². The van der Waals surface area contributed by atoms with Gasteiger partial charge < -0.3 is 91.5 Å². The third-order valence-electron chi connectivity index (χ3n) is 15.3. The second-order valence-corrected chi connectivity index (χ2v) is 23.1. The smallest absolute Gasteiger partial charge is 0.303 e. The molecule has 33 heteroatoms. The topological polar surface area (TPSA) is 525 Å². The maximum Gasteiger partial charge on any atom is 0.303 e. The van der Waals surface area contributed by atoms with Gasteiger partial charge in [-0.05, 0) is 101 Å². The Morgan fingerprint density at radius 3 is 1.50 bits per heavy atom. The van der Waals surface area contributed by atoms with Crippen LogP contribution in [0.2, 0.25) is 0 Å². The number of carboxylic acid groups (broad SMARTS) is 1. The van der Waals surface area contributed by atoms with Gasteiger partial charge in [0.2, 0.25) is 70.9 Å². The van der Waals surface area contributed by atoms with Crippen LogP contribution in [-0.4, -0.2) is 195 Å². The monoisotopic (exact) mass is 1260 g/mol. The number of aromatic amines is 1. The number of unbranched alkanes of at least 4 members (excludes halogenated alkanes) is 1. The van der Waals surface area contributed by atoms with Crippen molar-refractivity contribution >= 4 is 94.6 Å². The van der Waals surface area contributed by atoms with Crippen LogP contribution in [-0.2, 0) is 68.7 Å². The zero-order valence-electron chi connectivity index (χ0n) is 50.8. The van der Waals surface area contributed by atoms with Crippen molar-refractivity contribution in [2.75, 3.05) is 31.6 Å². The number of hydrogen-bond acceptors (Lipinski definition) is 17. The SMILES string of the molecule is CCC(C)C1NC(=O)C(CCC(N)=O)NC(=O)C(CCC(=O)O)NC(=O)C(CCC(N)=O)NC(=O)C(Cc2cnc[nH]2)NC(=O)C2CCCN2C(=O)C(CCCCN)NC(=O)C(C(C)CC)NC(=O)C(CCCN=C(N)N)NC(=O)C(CCSC)NC1=O. The van der Waals surface area contributed by atoms with E-state index >= 15 is 0 Å². The number of aromatic nitrogens is 2. The van der Waals surface area contributed by atoms with Gasteiger partial charge in [-0.1, -0.05) is 40.5 Å². The van der Waals surface area contributed by atoms with Crippen molar-refractivity contribution in [3.05, 3.63) is 18.2 Å². The number of aliphatic imine (C=N–C) groups is 1. The maximum atomic E-state index is 14.8. The molecular formula is C55H92N18O14S. The first-order valence-corrected chi connectivity index (χ1v) is 31.2. The van der Waals surface area contributed by atoms with Gasteiger partial charge in [-0.25, -0.2) is 4.98 Å². The van der Waals surface area contributed by atoms with E-state index in [1.54, 1.807) is 34.0 Å². The van der Waals surface area contributed by atoms with Gasteiger partial charge in [0.05, 0.1) is 6.33 Å². The van der Waals surface area contributed by atoms with Crippen LogP contribution in [0.5, 0.6) is 0 Å². The quantitative estimate of drug-likeness (QED) is 0.0237. The Balaban J connectivity index is 2.31. The van der Waals surface area contributed by atoms with Gasteiger partial charge in [-0.3, -0.25) is 67.3 Å². The summed E-state index contributed by atoms with van der Waals surface area (Å²) in [5, 5.41) is 33.4. The number of imidazole rings is 1. The molecule has 2 fully saturated rings. The number of carboxylic acids is 1. The standard InChI is InChI=1S/C55H92N18O14S/c1-6-29(3)43-52(85)68-36(21-25-88-5)47(80)64-32(13-10-23-62-55(59)60)48(81)71-44(30(4)7-2)53(86)69-37(12-8-9-22-56)54(87)73-24-11-14-39(73)51(84)70-38(26-31-27-61-28-63-31)50(83)67-33(15-18-40(57)74)45(78)66-35(17-20-42(76)77)46(79)65-34(49(82)72-43)16-19-41(58)75/h27-30,32-39,43-44H,6-26,56H2,1-5H3,(H2,57,74)(H2,58,75)(H,61,63)(H,64,80)(H,65,79)(H,66,78)(H,67,83)(H,68,85)(H,69,86)(H,70,84)(H,71,81)(H,72,82)(H,76,77)(H4,59,60,62). The lowest BCUT2D eigenvalue weighted by molar-refractivity contribution is -0.143. The molecule has 0 aliphatic carbocycles. The fourth-order valence-electron chi connectivity index (χ4n) is 9.79. The molecule has 2 aliphatic rings. The van der Waals surface area contributed by atoms with Crippen molar-refractivity contribution in [2.45, 2.75) is 197 Å². The normalized spacial score (nSPS) is 25.1. The lowest BCUT2D eigenvalue weighted by Gasteiger charge is -2.32. The average Bonchev–Trinajstić information content (AvgIpc) is 4.42. The van der Waals surface area contributed by atoms with Crippen LogP contribution in [0.15, 0.2) is 17.5 Å². The molecule has 12 atom stereocenters. The summed E-state index contributed by atoms with van der Waals surface area (Å²) >= 11 is 1.33. The molecule has 0 bridgehead atoms. The molecule has 0 saturated carbocycles. The number of carbonyl (C=O) groups is 13. The number of aliphatic carboxylic acids is 1. The second-order valence-electron chi connectivity index (χ2n) is 22.1. The predicted octanol–water partition coefficient (Wildman–Crippen LogP) is -4.26. The van der Waals surface area contributed by atoms with Crippen molar-refractivity contribution in [1.82, 2.24) is 62.7 Å². The van der Waals surface area contributed by atoms with E-state index in [1.165, 1.54) is 29.2 Å². The van der Waals surface area contributed by atoms with E-state index in [0.29, 0.717) is 37.1 Å². The van der Waals surface area contributed by atoms with E-state index in [-0.39, 0.29) is 70.5 Å². The van der Waals surface area contributed by atoms with Crippen LogP contribution < -0.4 is 76.5 Å². The number of nitrogens with zero attached hydrogens (tertiary/aromatic N) is 3. The van der Waals surface area contributed by atoms with Crippen molar-refractivity contribution in [1.29, 1.82) is 0 Å². The average molecular weight is 1260 g/mol. The highest BCUT2D eigenvalue weighted by molar-refractivity contribution is 7.98. The minimum absolute atomic E-state index is 0.00115. The fourth-order valence-corrected chi connectivity index (χ4v) is 10.3. The van der Waals surface area contributed by atoms with Gasteiger partial charge in [0.15, 0.2) is 5.96 Å². The molecule has 1 aromatic heterocycles. The second kappa shape index (κ2) is 38.2. The summed E-state index contributed by atoms with van der Waals surface area (Å²) in [6.07, 6.45) is 2.72. The first-order valence-electron chi connectivity index (χ1n) is 29.8. The molecule has 2 aliphatic heterocycles. The predicted molar refractivity (Wildman–Crippen MR) is 323 cm³/mol. The molecular weight excluding hydrogens is 1170 g/mol. The minimum atomic E-state index is -1.79. The van der Waals surface area contributed by atoms with Crippen molar-refractivity contribution in [2.24, 2.45) is 45.5 Å². The first kappa shape index (κ1) is 74.2. The zero-order chi connectivity index (χ0) is 65.6. The highest BCUT2D eigenvalue weighted by Crippen LogP contribution is 2.22. The molecule has 3 heterocycles. The lowest BCUT2D eigenvalue weighted by atomic mass is 9.96. The van der Waals surface area contributed by atoms with Crippen LogP contribution in [0.3, 0.4) is 0 Å². The Morgan fingerprint density at radius 2 is 1.05 bits per heavy atom. The van der Waals surface area contributed by atoms with Crippen LogP contribution in [0.1, 0.15) is 136 Å². The zero-order valence-corrected chi connectivity index (χ0v) is 51.6. The Bertz CT molecular complexity index is 2590. The Kier molecular flexibility index (Phi) is 32.2. The largest absolute Gasteiger partial charge is 0.481 e. The molecule has 0 spiro atoms. The van der Waals surface area contributed by atoms with Crippen molar-refractivity contribution < 1.29 is 67.4 Å². The molecule has 12 amide bonds. The summed E-state index contributed by atoms with van der Waals surface area (Å²) in [6, 6.07) is -14.7. The number of H-pyrrole nitrogens is 1. The molecule has 492 valence electrons. The molecule has 88 heavy (non-hydrogen) atoms. The molecule has 0 radical (unpaired) electrons. The lowest BCUT2D eigenvalue weighted by Crippen LogP contribution is -2.62. The van der Waals surface area contributed by atoms with Crippen molar-refractivity contribution in [3.8, 4) is 0 Å². The Morgan fingerprint density at radius 1 is 0.602 bits per heavy atom. The van der Waals surface area contributed by atoms with Gasteiger partial charge in [0.1, 0.15) is 60.4 Å². The molecule has 0 aromatic carbocycles. The molecule has 21 N–H and O–H groups in total. The van der Waals surface area contributed by atoms with Crippen LogP contribution in [0, 0.1) is 11.8 Å². The van der Waals surface area contributed by atoms with E-state index in [1.807, 2.05) is 0 Å². The number of nitrogens with two attached hydrogens (primary N) is 5. The minimum Gasteiger partial charge on any atom is -0.481 e. The third-order valence-corrected chi connectivity index (χ3v) is 16.0. The number of nitrogens with one attached hydrogen (secondary N) is 10. The van der Waals surface area contributed by atoms with Crippen molar-refractivity contribution in [3.63, 3.8) is 0 Å². The number of guanidine groups is 1. The van der Waals surface area contributed by atoms with E-state index in [4.69, 9.17) is 28.7 Å². The Labute approximate surface area is 515 Å². The molecule has 3 rings (SSSR count). The summed E-state index contributed by atoms with van der Waals surface area (Å²) in [6.45, 7) is 7.12. The third kappa shape index (κ3) is 24.9. The number of carbonyl (C=O) groups excluding carboxylic acids is 12. The Hall–Kier alpha value is -8.10. The molecule has 1 aromatic rings. The van der Waals surface area contributed by atoms with Gasteiger partial charge in [0, 0.05) is 50.7 Å². The molecule has 32 nitrogen and oxygen atoms in total. The summed E-state index contributed by atoms with van der Waals surface area (Å²) in [5.74, 6) is -13.5. The first-order chi connectivity index (χ1) is 41.7. The number of hydrogen-bond donors (Lipinski definition) is 16.